The second-order valence-electron chi connectivity index (χ2n) is 3.75. The van der Waals surface area contributed by atoms with E-state index in [9.17, 15) is 0 Å². The quantitative estimate of drug-likeness (QED) is 0.653. The average molecular weight is 327 g/mol. The molecule has 0 saturated heterocycles. The molecule has 0 aliphatic heterocycles. The van der Waals surface area contributed by atoms with Crippen LogP contribution in [0.2, 0.25) is 0 Å². The van der Waals surface area contributed by atoms with E-state index in [0.29, 0.717) is 6.54 Å². The van der Waals surface area contributed by atoms with Crippen LogP contribution >= 0.6 is 27.3 Å². The van der Waals surface area contributed by atoms with Crippen molar-refractivity contribution in [2.24, 2.45) is 5.73 Å². The van der Waals surface area contributed by atoms with Crippen LogP contribution in [0.4, 0.5) is 0 Å². The average Bonchev–Trinajstić information content (AvgIpc) is 2.89. The lowest BCUT2D eigenvalue weighted by Gasteiger charge is -2.05. The van der Waals surface area contributed by atoms with Crippen molar-refractivity contribution >= 4 is 27.3 Å². The number of hydrogen-bond donors (Lipinski definition) is 1. The van der Waals surface area contributed by atoms with E-state index in [2.05, 4.69) is 20.9 Å². The summed E-state index contributed by atoms with van der Waals surface area (Å²) in [5.74, 6) is 0.898. The van der Waals surface area contributed by atoms with E-state index in [4.69, 9.17) is 10.5 Å². The zero-order valence-electron chi connectivity index (χ0n) is 9.93. The lowest BCUT2D eigenvalue weighted by molar-refractivity contribution is 0.319. The number of ether oxygens (including phenoxy) is 1. The number of alkyl halides is 1. The fourth-order valence-electron chi connectivity index (χ4n) is 1.47. The number of nitrogens with two attached hydrogens (primary N) is 1. The molecule has 0 saturated carbocycles. The molecule has 18 heavy (non-hydrogen) atoms. The molecular formula is C13H15BrN2OS. The maximum absolute atomic E-state index is 5.60. The van der Waals surface area contributed by atoms with Gasteiger partial charge in [0.05, 0.1) is 6.61 Å². The monoisotopic (exact) mass is 326 g/mol. The fourth-order valence-corrected chi connectivity index (χ4v) is 2.50. The molecule has 1 aromatic heterocycles. The van der Waals surface area contributed by atoms with Gasteiger partial charge in [0.1, 0.15) is 10.8 Å². The van der Waals surface area contributed by atoms with Crippen molar-refractivity contribution in [2.75, 3.05) is 11.9 Å². The first kappa shape index (κ1) is 13.5. The highest BCUT2D eigenvalue weighted by molar-refractivity contribution is 9.09. The van der Waals surface area contributed by atoms with Crippen molar-refractivity contribution < 1.29 is 4.74 Å². The van der Waals surface area contributed by atoms with Gasteiger partial charge in [0.25, 0.3) is 0 Å². The molecular weight excluding hydrogens is 312 g/mol. The van der Waals surface area contributed by atoms with Crippen LogP contribution in [0.3, 0.4) is 0 Å². The van der Waals surface area contributed by atoms with E-state index in [1.165, 1.54) is 0 Å². The van der Waals surface area contributed by atoms with E-state index in [0.717, 1.165) is 39.6 Å². The molecule has 3 nitrogen and oxygen atoms in total. The largest absolute Gasteiger partial charge is 0.494 e. The Hall–Kier alpha value is -0.910. The minimum atomic E-state index is 0.547. The van der Waals surface area contributed by atoms with Crippen molar-refractivity contribution in [3.63, 3.8) is 0 Å². The van der Waals surface area contributed by atoms with Gasteiger partial charge in [-0.2, -0.15) is 0 Å². The van der Waals surface area contributed by atoms with Gasteiger partial charge in [-0.05, 0) is 30.7 Å². The predicted octanol–water partition coefficient (Wildman–Crippen LogP) is 3.43. The molecule has 2 aromatic rings. The Morgan fingerprint density at radius 3 is 2.67 bits per heavy atom. The summed E-state index contributed by atoms with van der Waals surface area (Å²) >= 11 is 5.01. The Kier molecular flexibility index (Phi) is 5.16. The molecule has 96 valence electrons. The highest BCUT2D eigenvalue weighted by atomic mass is 79.9. The lowest BCUT2D eigenvalue weighted by Crippen LogP contribution is -1.97. The van der Waals surface area contributed by atoms with Crippen LogP contribution in [0, 0.1) is 0 Å². The molecule has 5 heteroatoms. The standard InChI is InChI=1S/C13H15BrN2OS/c14-6-1-7-17-11-4-2-10(3-5-11)13-16-9-12(8-15)18-13/h2-5,9H,1,6-8,15H2. The molecule has 0 aliphatic carbocycles. The molecule has 1 heterocycles. The van der Waals surface area contributed by atoms with Gasteiger partial charge in [-0.3, -0.25) is 0 Å². The molecule has 2 rings (SSSR count). The Bertz CT molecular complexity index is 484. The molecule has 0 atom stereocenters. The first-order valence-electron chi connectivity index (χ1n) is 5.77. The molecule has 0 radical (unpaired) electrons. The van der Waals surface area contributed by atoms with Crippen LogP contribution in [0.15, 0.2) is 30.5 Å². The predicted molar refractivity (Wildman–Crippen MR) is 79.3 cm³/mol. The Morgan fingerprint density at radius 1 is 1.28 bits per heavy atom. The van der Waals surface area contributed by atoms with Gasteiger partial charge in [0.2, 0.25) is 0 Å². The Morgan fingerprint density at radius 2 is 2.06 bits per heavy atom. The fraction of sp³-hybridized carbons (Fsp3) is 0.308. The van der Waals surface area contributed by atoms with Crippen LogP contribution in [-0.4, -0.2) is 16.9 Å². The highest BCUT2D eigenvalue weighted by Gasteiger charge is 2.04. The molecule has 0 aliphatic rings. The van der Waals surface area contributed by atoms with Crippen LogP contribution in [-0.2, 0) is 6.54 Å². The van der Waals surface area contributed by atoms with Crippen molar-refractivity contribution in [1.82, 2.24) is 4.98 Å². The summed E-state index contributed by atoms with van der Waals surface area (Å²) in [6, 6.07) is 8.02. The summed E-state index contributed by atoms with van der Waals surface area (Å²) in [7, 11) is 0. The highest BCUT2D eigenvalue weighted by Crippen LogP contribution is 2.26. The molecule has 0 spiro atoms. The summed E-state index contributed by atoms with van der Waals surface area (Å²) in [5.41, 5.74) is 6.68. The van der Waals surface area contributed by atoms with E-state index in [-0.39, 0.29) is 0 Å². The number of aromatic nitrogens is 1. The number of rotatable bonds is 6. The third kappa shape index (κ3) is 3.54. The third-order valence-electron chi connectivity index (χ3n) is 2.40. The first-order chi connectivity index (χ1) is 8.83. The van der Waals surface area contributed by atoms with Crippen LogP contribution in [0.1, 0.15) is 11.3 Å². The molecule has 0 fully saturated rings. The molecule has 0 unspecified atom stereocenters. The second-order valence-corrected chi connectivity index (χ2v) is 5.66. The summed E-state index contributed by atoms with van der Waals surface area (Å²) in [6.45, 7) is 1.28. The zero-order chi connectivity index (χ0) is 12.8. The van der Waals surface area contributed by atoms with E-state index in [1.54, 1.807) is 11.3 Å². The summed E-state index contributed by atoms with van der Waals surface area (Å²) in [4.78, 5) is 5.45. The smallest absolute Gasteiger partial charge is 0.123 e. The lowest BCUT2D eigenvalue weighted by atomic mass is 10.2. The van der Waals surface area contributed by atoms with E-state index in [1.807, 2.05) is 30.5 Å². The SMILES string of the molecule is NCc1cnc(-c2ccc(OCCCBr)cc2)s1. The van der Waals surface area contributed by atoms with Crippen molar-refractivity contribution in [3.05, 3.63) is 35.3 Å². The molecule has 1 aromatic carbocycles. The number of halogens is 1. The van der Waals surface area contributed by atoms with Gasteiger partial charge >= 0.3 is 0 Å². The molecule has 2 N–H and O–H groups in total. The number of nitrogens with zero attached hydrogens (tertiary/aromatic N) is 1. The minimum Gasteiger partial charge on any atom is -0.494 e. The topological polar surface area (TPSA) is 48.1 Å². The Labute approximate surface area is 119 Å². The van der Waals surface area contributed by atoms with Gasteiger partial charge in [-0.15, -0.1) is 11.3 Å². The van der Waals surface area contributed by atoms with Gasteiger partial charge in [-0.25, -0.2) is 4.98 Å². The van der Waals surface area contributed by atoms with Crippen LogP contribution in [0.25, 0.3) is 10.6 Å². The van der Waals surface area contributed by atoms with Gasteiger partial charge < -0.3 is 10.5 Å². The van der Waals surface area contributed by atoms with Crippen LogP contribution in [0.5, 0.6) is 5.75 Å². The number of thiazole rings is 1. The minimum absolute atomic E-state index is 0.547. The summed E-state index contributed by atoms with van der Waals surface area (Å²) in [5, 5.41) is 1.97. The van der Waals surface area contributed by atoms with E-state index >= 15 is 0 Å². The van der Waals surface area contributed by atoms with Crippen molar-refractivity contribution in [2.45, 2.75) is 13.0 Å². The maximum Gasteiger partial charge on any atom is 0.123 e. The maximum atomic E-state index is 5.60. The summed E-state index contributed by atoms with van der Waals surface area (Å²) in [6.07, 6.45) is 2.84. The zero-order valence-corrected chi connectivity index (χ0v) is 12.3. The van der Waals surface area contributed by atoms with Gasteiger partial charge in [0.15, 0.2) is 0 Å². The molecule has 0 bridgehead atoms. The summed E-state index contributed by atoms with van der Waals surface area (Å²) < 4.78 is 5.60. The second kappa shape index (κ2) is 6.87. The van der Waals surface area contributed by atoms with E-state index < -0.39 is 0 Å². The van der Waals surface area contributed by atoms with Gasteiger partial charge in [-0.1, -0.05) is 15.9 Å². The normalized spacial score (nSPS) is 10.6. The number of benzene rings is 1. The Balaban J connectivity index is 2.02. The van der Waals surface area contributed by atoms with Crippen molar-refractivity contribution in [1.29, 1.82) is 0 Å². The number of hydrogen-bond acceptors (Lipinski definition) is 4. The third-order valence-corrected chi connectivity index (χ3v) is 4.03. The van der Waals surface area contributed by atoms with Crippen molar-refractivity contribution in [3.8, 4) is 16.3 Å². The van der Waals surface area contributed by atoms with Crippen LogP contribution < -0.4 is 10.5 Å². The first-order valence-corrected chi connectivity index (χ1v) is 7.71. The molecule has 0 amide bonds. The van der Waals surface area contributed by atoms with Gasteiger partial charge in [0, 0.05) is 28.5 Å².